The summed E-state index contributed by atoms with van der Waals surface area (Å²) in [6.07, 6.45) is -0.601. The Morgan fingerprint density at radius 1 is 1.35 bits per heavy atom. The lowest BCUT2D eigenvalue weighted by molar-refractivity contribution is -0.122. The molecule has 110 valence electrons. The van der Waals surface area contributed by atoms with Crippen molar-refractivity contribution in [1.82, 2.24) is 10.6 Å². The molecule has 0 spiro atoms. The third kappa shape index (κ3) is 5.71. The fourth-order valence-electron chi connectivity index (χ4n) is 1.47. The van der Waals surface area contributed by atoms with Crippen molar-refractivity contribution in [2.75, 3.05) is 19.7 Å². The average molecular weight is 280 g/mol. The Morgan fingerprint density at radius 2 is 2.10 bits per heavy atom. The molecule has 3 N–H and O–H groups in total. The van der Waals surface area contributed by atoms with E-state index < -0.39 is 6.10 Å². The maximum atomic E-state index is 11.8. The number of ether oxygens (including phenoxy) is 1. The highest BCUT2D eigenvalue weighted by Crippen LogP contribution is 2.13. The number of carbonyl (C=O) groups is 2. The van der Waals surface area contributed by atoms with Crippen molar-refractivity contribution < 1.29 is 19.4 Å². The molecule has 20 heavy (non-hydrogen) atoms. The van der Waals surface area contributed by atoms with E-state index in [2.05, 4.69) is 10.6 Å². The first-order valence-electron chi connectivity index (χ1n) is 6.48. The van der Waals surface area contributed by atoms with Crippen LogP contribution in [0, 0.1) is 0 Å². The lowest BCUT2D eigenvalue weighted by atomic mass is 10.2. The van der Waals surface area contributed by atoms with Crippen LogP contribution in [-0.2, 0) is 4.79 Å². The van der Waals surface area contributed by atoms with Gasteiger partial charge < -0.3 is 20.5 Å². The molecule has 1 aromatic rings. The Morgan fingerprint density at radius 3 is 2.75 bits per heavy atom. The van der Waals surface area contributed by atoms with Gasteiger partial charge in [-0.05, 0) is 32.0 Å². The van der Waals surface area contributed by atoms with Gasteiger partial charge in [0.2, 0.25) is 0 Å². The van der Waals surface area contributed by atoms with E-state index in [-0.39, 0.29) is 25.0 Å². The molecule has 0 fully saturated rings. The highest BCUT2D eigenvalue weighted by atomic mass is 16.5. The number of hydrogen-bond acceptors (Lipinski definition) is 4. The molecule has 0 aliphatic rings. The standard InChI is InChI=1S/C14H20N2O4/c1-3-15-13(18)9-20-12-6-4-5-11(7-12)14(19)16-8-10(2)17/h4-7,10,17H,3,8-9H2,1-2H3,(H,15,18)(H,16,19). The van der Waals surface area contributed by atoms with Gasteiger partial charge in [0.15, 0.2) is 6.61 Å². The number of aliphatic hydroxyl groups excluding tert-OH is 1. The normalized spacial score (nSPS) is 11.6. The summed E-state index contributed by atoms with van der Waals surface area (Å²) in [6, 6.07) is 6.53. The van der Waals surface area contributed by atoms with Gasteiger partial charge >= 0.3 is 0 Å². The van der Waals surface area contributed by atoms with Crippen LogP contribution in [0.3, 0.4) is 0 Å². The molecular formula is C14H20N2O4. The quantitative estimate of drug-likeness (QED) is 0.671. The maximum absolute atomic E-state index is 11.8. The number of carbonyl (C=O) groups excluding carboxylic acids is 2. The van der Waals surface area contributed by atoms with Crippen molar-refractivity contribution in [3.8, 4) is 5.75 Å². The Balaban J connectivity index is 2.56. The second-order valence-corrected chi connectivity index (χ2v) is 4.33. The third-order valence-corrected chi connectivity index (χ3v) is 2.40. The number of likely N-dealkylation sites (N-methyl/N-ethyl adjacent to an activating group) is 1. The summed E-state index contributed by atoms with van der Waals surface area (Å²) in [5.41, 5.74) is 0.416. The Bertz CT molecular complexity index is 460. The van der Waals surface area contributed by atoms with Gasteiger partial charge in [0.05, 0.1) is 6.10 Å². The molecule has 1 unspecified atom stereocenters. The molecule has 0 bridgehead atoms. The van der Waals surface area contributed by atoms with E-state index in [1.54, 1.807) is 31.2 Å². The largest absolute Gasteiger partial charge is 0.484 e. The first-order valence-corrected chi connectivity index (χ1v) is 6.48. The van der Waals surface area contributed by atoms with E-state index in [0.29, 0.717) is 17.9 Å². The number of rotatable bonds is 7. The zero-order chi connectivity index (χ0) is 15.0. The SMILES string of the molecule is CCNC(=O)COc1cccc(C(=O)NCC(C)O)c1. The molecule has 1 rings (SSSR count). The van der Waals surface area contributed by atoms with Crippen LogP contribution >= 0.6 is 0 Å². The summed E-state index contributed by atoms with van der Waals surface area (Å²) in [7, 11) is 0. The van der Waals surface area contributed by atoms with Crippen molar-refractivity contribution in [1.29, 1.82) is 0 Å². The number of aliphatic hydroxyl groups is 1. The van der Waals surface area contributed by atoms with E-state index in [9.17, 15) is 9.59 Å². The molecule has 1 atom stereocenters. The lowest BCUT2D eigenvalue weighted by Crippen LogP contribution is -2.30. The van der Waals surface area contributed by atoms with Crippen molar-refractivity contribution in [3.05, 3.63) is 29.8 Å². The van der Waals surface area contributed by atoms with Gasteiger partial charge in [-0.2, -0.15) is 0 Å². The van der Waals surface area contributed by atoms with Crippen LogP contribution in [0.1, 0.15) is 24.2 Å². The van der Waals surface area contributed by atoms with Gasteiger partial charge in [-0.25, -0.2) is 0 Å². The van der Waals surface area contributed by atoms with E-state index in [1.165, 1.54) is 0 Å². The second kappa shape index (κ2) is 8.16. The highest BCUT2D eigenvalue weighted by Gasteiger charge is 2.08. The number of benzene rings is 1. The van der Waals surface area contributed by atoms with E-state index in [0.717, 1.165) is 0 Å². The van der Waals surface area contributed by atoms with Gasteiger partial charge in [0.25, 0.3) is 11.8 Å². The zero-order valence-corrected chi connectivity index (χ0v) is 11.7. The molecule has 2 amide bonds. The molecule has 6 heteroatoms. The van der Waals surface area contributed by atoms with Crippen molar-refractivity contribution in [2.45, 2.75) is 20.0 Å². The molecule has 0 saturated carbocycles. The Hall–Kier alpha value is -2.08. The number of nitrogens with one attached hydrogen (secondary N) is 2. The van der Waals surface area contributed by atoms with Gasteiger partial charge in [0.1, 0.15) is 5.75 Å². The molecule has 1 aromatic carbocycles. The average Bonchev–Trinajstić information content (AvgIpc) is 2.43. The summed E-state index contributed by atoms with van der Waals surface area (Å²) in [4.78, 5) is 23.1. The lowest BCUT2D eigenvalue weighted by Gasteiger charge is -2.09. The van der Waals surface area contributed by atoms with Crippen LogP contribution in [0.5, 0.6) is 5.75 Å². The Labute approximate surface area is 118 Å². The molecule has 0 aliphatic carbocycles. The van der Waals surface area contributed by atoms with Crippen LogP contribution in [0.15, 0.2) is 24.3 Å². The van der Waals surface area contributed by atoms with E-state index in [4.69, 9.17) is 9.84 Å². The third-order valence-electron chi connectivity index (χ3n) is 2.40. The van der Waals surface area contributed by atoms with Crippen molar-refractivity contribution in [3.63, 3.8) is 0 Å². The fraction of sp³-hybridized carbons (Fsp3) is 0.429. The second-order valence-electron chi connectivity index (χ2n) is 4.33. The molecule has 0 heterocycles. The van der Waals surface area contributed by atoms with Crippen LogP contribution in [-0.4, -0.2) is 42.7 Å². The van der Waals surface area contributed by atoms with Gasteiger partial charge in [-0.15, -0.1) is 0 Å². The smallest absolute Gasteiger partial charge is 0.257 e. The molecule has 0 aromatic heterocycles. The first-order chi connectivity index (χ1) is 9.52. The first kappa shape index (κ1) is 16.0. The van der Waals surface area contributed by atoms with Crippen molar-refractivity contribution in [2.24, 2.45) is 0 Å². The topological polar surface area (TPSA) is 87.7 Å². The molecule has 0 radical (unpaired) electrons. The number of hydrogen-bond donors (Lipinski definition) is 3. The summed E-state index contributed by atoms with van der Waals surface area (Å²) in [6.45, 7) is 4.05. The molecular weight excluding hydrogens is 260 g/mol. The Kier molecular flexibility index (Phi) is 6.52. The minimum atomic E-state index is -0.601. The summed E-state index contributed by atoms with van der Waals surface area (Å²) in [5, 5.41) is 14.3. The predicted octanol–water partition coefficient (Wildman–Crippen LogP) is 0.312. The van der Waals surface area contributed by atoms with Crippen molar-refractivity contribution >= 4 is 11.8 Å². The monoisotopic (exact) mass is 280 g/mol. The number of amides is 2. The van der Waals surface area contributed by atoms with Gasteiger partial charge in [-0.3, -0.25) is 9.59 Å². The molecule has 6 nitrogen and oxygen atoms in total. The summed E-state index contributed by atoms with van der Waals surface area (Å²) in [5.74, 6) is -0.0632. The van der Waals surface area contributed by atoms with Crippen LogP contribution < -0.4 is 15.4 Å². The molecule has 0 aliphatic heterocycles. The van der Waals surface area contributed by atoms with Crippen LogP contribution in [0.25, 0.3) is 0 Å². The van der Waals surface area contributed by atoms with Crippen LogP contribution in [0.2, 0.25) is 0 Å². The fourth-order valence-corrected chi connectivity index (χ4v) is 1.47. The van der Waals surface area contributed by atoms with E-state index in [1.807, 2.05) is 6.92 Å². The minimum Gasteiger partial charge on any atom is -0.484 e. The summed E-state index contributed by atoms with van der Waals surface area (Å²) >= 11 is 0. The van der Waals surface area contributed by atoms with Gasteiger partial charge in [0, 0.05) is 18.7 Å². The zero-order valence-electron chi connectivity index (χ0n) is 11.7. The molecule has 0 saturated heterocycles. The maximum Gasteiger partial charge on any atom is 0.257 e. The highest BCUT2D eigenvalue weighted by molar-refractivity contribution is 5.94. The minimum absolute atomic E-state index is 0.0907. The summed E-state index contributed by atoms with van der Waals surface area (Å²) < 4.78 is 5.30. The predicted molar refractivity (Wildman–Crippen MR) is 74.6 cm³/mol. The van der Waals surface area contributed by atoms with Crippen LogP contribution in [0.4, 0.5) is 0 Å². The van der Waals surface area contributed by atoms with E-state index >= 15 is 0 Å². The van der Waals surface area contributed by atoms with Gasteiger partial charge in [-0.1, -0.05) is 6.07 Å².